The first-order valence-electron chi connectivity index (χ1n) is 16.3. The van der Waals surface area contributed by atoms with Crippen molar-refractivity contribution in [2.24, 2.45) is 0 Å². The summed E-state index contributed by atoms with van der Waals surface area (Å²) in [4.78, 5) is 48.8. The van der Waals surface area contributed by atoms with E-state index in [1.807, 2.05) is 80.4 Å². The highest BCUT2D eigenvalue weighted by molar-refractivity contribution is 7.17. The highest BCUT2D eigenvalue weighted by atomic mass is 32.1. The molecule has 0 radical (unpaired) electrons. The number of likely N-dealkylation sites (N-methyl/N-ethyl adjacent to an activating group) is 1. The first-order chi connectivity index (χ1) is 22.2. The molecule has 0 atom stereocenters. The number of anilines is 2. The molecule has 4 rings (SSSR count). The van der Waals surface area contributed by atoms with E-state index in [1.54, 1.807) is 11.9 Å². The maximum absolute atomic E-state index is 12.7. The Balaban J connectivity index is 1.07. The summed E-state index contributed by atoms with van der Waals surface area (Å²) in [5.74, 6) is 0.172. The second-order valence-electron chi connectivity index (χ2n) is 11.8. The van der Waals surface area contributed by atoms with Gasteiger partial charge in [0.25, 0.3) is 5.91 Å². The highest BCUT2D eigenvalue weighted by Gasteiger charge is 2.23. The molecule has 1 fully saturated rings. The lowest BCUT2D eigenvalue weighted by Gasteiger charge is -2.32. The minimum Gasteiger partial charge on any atom is -0.446 e. The summed E-state index contributed by atoms with van der Waals surface area (Å²) in [5, 5.41) is 7.02. The number of para-hydroxylation sites is 1. The number of carbonyl (C=O) groups excluding carboxylic acids is 3. The van der Waals surface area contributed by atoms with E-state index < -0.39 is 6.09 Å². The van der Waals surface area contributed by atoms with Crippen LogP contribution in [-0.2, 0) is 9.53 Å². The van der Waals surface area contributed by atoms with Gasteiger partial charge < -0.3 is 24.8 Å². The van der Waals surface area contributed by atoms with Crippen LogP contribution in [0, 0.1) is 6.92 Å². The van der Waals surface area contributed by atoms with Gasteiger partial charge in [0.05, 0.1) is 11.4 Å². The zero-order valence-corrected chi connectivity index (χ0v) is 28.4. The van der Waals surface area contributed by atoms with Gasteiger partial charge in [-0.25, -0.2) is 9.78 Å². The molecule has 0 saturated carbocycles. The Morgan fingerprint density at radius 2 is 1.70 bits per heavy atom. The van der Waals surface area contributed by atoms with Crippen LogP contribution in [0.1, 0.15) is 60.8 Å². The van der Waals surface area contributed by atoms with Gasteiger partial charge in [0, 0.05) is 65.3 Å². The number of amides is 3. The SMILES string of the molecule is CCN(C)C(=O)c1sc(NCCCCCC(=O)N(C)CCN2CCC(OC(=O)Nc3ccccc3-c3ccccc3)CC2)nc1C. The summed E-state index contributed by atoms with van der Waals surface area (Å²) in [6, 6.07) is 17.7. The number of thiazole rings is 1. The minimum atomic E-state index is -0.428. The summed E-state index contributed by atoms with van der Waals surface area (Å²) in [7, 11) is 3.67. The Hall–Kier alpha value is -3.96. The Morgan fingerprint density at radius 3 is 2.43 bits per heavy atom. The van der Waals surface area contributed by atoms with Crippen molar-refractivity contribution in [3.63, 3.8) is 0 Å². The van der Waals surface area contributed by atoms with Gasteiger partial charge in [-0.2, -0.15) is 0 Å². The van der Waals surface area contributed by atoms with Crippen LogP contribution in [-0.4, -0.2) is 97.1 Å². The molecular formula is C35H48N6O4S. The number of nitrogens with one attached hydrogen (secondary N) is 2. The van der Waals surface area contributed by atoms with Gasteiger partial charge in [-0.3, -0.25) is 14.9 Å². The lowest BCUT2D eigenvalue weighted by Crippen LogP contribution is -2.42. The molecule has 1 aromatic heterocycles. The smallest absolute Gasteiger partial charge is 0.411 e. The predicted molar refractivity (Wildman–Crippen MR) is 186 cm³/mol. The van der Waals surface area contributed by atoms with Crippen LogP contribution in [0.25, 0.3) is 11.1 Å². The summed E-state index contributed by atoms with van der Waals surface area (Å²) in [6.07, 6.45) is 4.24. The first kappa shape index (κ1) is 34.9. The van der Waals surface area contributed by atoms with Gasteiger partial charge in [0.1, 0.15) is 11.0 Å². The topological polar surface area (TPSA) is 107 Å². The van der Waals surface area contributed by atoms with Crippen LogP contribution in [0.5, 0.6) is 0 Å². The fourth-order valence-electron chi connectivity index (χ4n) is 5.37. The van der Waals surface area contributed by atoms with Crippen LogP contribution in [0.3, 0.4) is 0 Å². The van der Waals surface area contributed by atoms with Gasteiger partial charge in [-0.05, 0) is 51.2 Å². The van der Waals surface area contributed by atoms with E-state index in [0.717, 1.165) is 85.9 Å². The molecule has 0 bridgehead atoms. The Morgan fingerprint density at radius 1 is 0.978 bits per heavy atom. The molecule has 0 aliphatic carbocycles. The fraction of sp³-hybridized carbons (Fsp3) is 0.486. The molecule has 2 aromatic carbocycles. The minimum absolute atomic E-state index is 0.00761. The van der Waals surface area contributed by atoms with Crippen LogP contribution in [0.4, 0.5) is 15.6 Å². The molecule has 1 aliphatic rings. The van der Waals surface area contributed by atoms with Crippen molar-refractivity contribution < 1.29 is 19.1 Å². The van der Waals surface area contributed by atoms with Crippen molar-refractivity contribution in [1.82, 2.24) is 19.7 Å². The molecule has 0 spiro atoms. The zero-order chi connectivity index (χ0) is 32.9. The number of nitrogens with zero attached hydrogens (tertiary/aromatic N) is 4. The molecule has 248 valence electrons. The molecule has 3 amide bonds. The van der Waals surface area contributed by atoms with Gasteiger partial charge in [-0.1, -0.05) is 66.3 Å². The van der Waals surface area contributed by atoms with Crippen LogP contribution in [0.2, 0.25) is 0 Å². The second kappa shape index (κ2) is 17.7. The number of hydrogen-bond acceptors (Lipinski definition) is 8. The van der Waals surface area contributed by atoms with Gasteiger partial charge >= 0.3 is 6.09 Å². The Bertz CT molecular complexity index is 1420. The lowest BCUT2D eigenvalue weighted by atomic mass is 10.0. The van der Waals surface area contributed by atoms with E-state index >= 15 is 0 Å². The van der Waals surface area contributed by atoms with Crippen molar-refractivity contribution >= 4 is 40.1 Å². The van der Waals surface area contributed by atoms with Gasteiger partial charge in [0.15, 0.2) is 5.13 Å². The monoisotopic (exact) mass is 648 g/mol. The summed E-state index contributed by atoms with van der Waals surface area (Å²) >= 11 is 1.40. The third kappa shape index (κ3) is 10.3. The average molecular weight is 649 g/mol. The van der Waals surface area contributed by atoms with Gasteiger partial charge in [-0.15, -0.1) is 0 Å². The summed E-state index contributed by atoms with van der Waals surface area (Å²) in [5.41, 5.74) is 3.48. The molecular weight excluding hydrogens is 600 g/mol. The molecule has 2 N–H and O–H groups in total. The van der Waals surface area contributed by atoms with Crippen LogP contribution >= 0.6 is 11.3 Å². The number of unbranched alkanes of at least 4 members (excludes halogenated alkanes) is 2. The molecule has 1 aliphatic heterocycles. The lowest BCUT2D eigenvalue weighted by molar-refractivity contribution is -0.130. The number of rotatable bonds is 15. The largest absolute Gasteiger partial charge is 0.446 e. The molecule has 0 unspecified atom stereocenters. The highest BCUT2D eigenvalue weighted by Crippen LogP contribution is 2.28. The zero-order valence-electron chi connectivity index (χ0n) is 27.6. The molecule has 11 heteroatoms. The molecule has 3 aromatic rings. The molecule has 46 heavy (non-hydrogen) atoms. The number of ether oxygens (including phenoxy) is 1. The maximum Gasteiger partial charge on any atom is 0.411 e. The number of aryl methyl sites for hydroxylation is 1. The normalized spacial score (nSPS) is 13.7. The van der Waals surface area contributed by atoms with E-state index in [4.69, 9.17) is 4.74 Å². The average Bonchev–Trinajstić information content (AvgIpc) is 3.45. The number of carbonyl (C=O) groups is 3. The van der Waals surface area contributed by atoms with E-state index in [2.05, 4.69) is 20.5 Å². The van der Waals surface area contributed by atoms with Crippen molar-refractivity contribution in [3.05, 3.63) is 65.2 Å². The third-order valence-corrected chi connectivity index (χ3v) is 9.49. The quantitative estimate of drug-likeness (QED) is 0.185. The van der Waals surface area contributed by atoms with Crippen LogP contribution in [0.15, 0.2) is 54.6 Å². The maximum atomic E-state index is 12.7. The van der Waals surface area contributed by atoms with E-state index in [0.29, 0.717) is 24.4 Å². The molecule has 10 nitrogen and oxygen atoms in total. The Kier molecular flexibility index (Phi) is 13.4. The summed E-state index contributed by atoms with van der Waals surface area (Å²) in [6.45, 7) is 8.39. The number of likely N-dealkylation sites (tertiary alicyclic amines) is 1. The van der Waals surface area contributed by atoms with Crippen molar-refractivity contribution in [1.29, 1.82) is 0 Å². The number of aromatic nitrogens is 1. The van der Waals surface area contributed by atoms with E-state index in [1.165, 1.54) is 11.3 Å². The Labute approximate surface area is 277 Å². The second-order valence-corrected chi connectivity index (χ2v) is 12.8. The number of benzene rings is 2. The first-order valence-corrected chi connectivity index (χ1v) is 17.1. The van der Waals surface area contributed by atoms with Gasteiger partial charge in [0.2, 0.25) is 5.91 Å². The van der Waals surface area contributed by atoms with E-state index in [9.17, 15) is 14.4 Å². The molecule has 1 saturated heterocycles. The van der Waals surface area contributed by atoms with Crippen molar-refractivity contribution in [3.8, 4) is 11.1 Å². The molecule has 2 heterocycles. The third-order valence-electron chi connectivity index (χ3n) is 8.39. The van der Waals surface area contributed by atoms with E-state index in [-0.39, 0.29) is 17.9 Å². The van der Waals surface area contributed by atoms with Crippen molar-refractivity contribution in [2.75, 3.05) is 64.0 Å². The summed E-state index contributed by atoms with van der Waals surface area (Å²) < 4.78 is 5.76. The number of piperidine rings is 1. The predicted octanol–water partition coefficient (Wildman–Crippen LogP) is 6.35. The fourth-order valence-corrected chi connectivity index (χ4v) is 6.36. The van der Waals surface area contributed by atoms with Crippen LogP contribution < -0.4 is 10.6 Å². The standard InChI is InChI=1S/C35H48N6O4S/c1-5-39(3)33(43)32-26(2)37-34(46-32)36-21-13-7-10-18-31(42)40(4)24-25-41-22-19-28(20-23-41)45-35(44)38-30-17-12-11-16-29(30)27-14-8-6-9-15-27/h6,8-9,11-12,14-17,28H,5,7,10,13,18-25H2,1-4H3,(H,36,37)(H,38,44). The van der Waals surface area contributed by atoms with Crippen molar-refractivity contribution in [2.45, 2.75) is 58.5 Å². The number of hydrogen-bond donors (Lipinski definition) is 2.